The van der Waals surface area contributed by atoms with E-state index in [-0.39, 0.29) is 10.3 Å². The van der Waals surface area contributed by atoms with Crippen molar-refractivity contribution in [2.75, 3.05) is 11.3 Å². The number of nitrogens with one attached hydrogen (secondary N) is 3. The van der Waals surface area contributed by atoms with Crippen LogP contribution in [0.1, 0.15) is 46.6 Å². The molecule has 7 nitrogen and oxygen atoms in total. The van der Waals surface area contributed by atoms with Gasteiger partial charge in [0.05, 0.1) is 10.5 Å². The van der Waals surface area contributed by atoms with Crippen molar-refractivity contribution >= 4 is 32.7 Å². The molecule has 4 rings (SSSR count). The van der Waals surface area contributed by atoms with Gasteiger partial charge >= 0.3 is 6.09 Å². The molecule has 8 heteroatoms. The van der Waals surface area contributed by atoms with Gasteiger partial charge in [0.2, 0.25) is 5.88 Å². The van der Waals surface area contributed by atoms with E-state index in [9.17, 15) is 13.2 Å². The number of H-pyrrole nitrogens is 1. The number of carbonyl (C=O) groups is 1. The quantitative estimate of drug-likeness (QED) is 0.226. The molecule has 0 radical (unpaired) electrons. The zero-order valence-corrected chi connectivity index (χ0v) is 23.3. The van der Waals surface area contributed by atoms with Crippen molar-refractivity contribution in [1.82, 2.24) is 10.3 Å². The van der Waals surface area contributed by atoms with E-state index in [4.69, 9.17) is 4.74 Å². The lowest BCUT2D eigenvalue weighted by Crippen LogP contribution is -2.28. The molecule has 0 saturated carbocycles. The minimum atomic E-state index is -3.81. The monoisotopic (exact) mass is 533 g/mol. The van der Waals surface area contributed by atoms with Gasteiger partial charge in [-0.05, 0) is 59.2 Å². The summed E-state index contributed by atoms with van der Waals surface area (Å²) in [6.07, 6.45) is 0.296. The highest BCUT2D eigenvalue weighted by Crippen LogP contribution is 2.39. The van der Waals surface area contributed by atoms with Crippen LogP contribution in [0.5, 0.6) is 5.88 Å². The number of hydrogen-bond acceptors (Lipinski definition) is 4. The predicted octanol–water partition coefficient (Wildman–Crippen LogP) is 7.07. The Kier molecular flexibility index (Phi) is 7.83. The maximum absolute atomic E-state index is 13.2. The Morgan fingerprint density at radius 3 is 2.29 bits per heavy atom. The van der Waals surface area contributed by atoms with Crippen molar-refractivity contribution < 1.29 is 17.9 Å². The van der Waals surface area contributed by atoms with Gasteiger partial charge in [-0.1, -0.05) is 77.1 Å². The highest BCUT2D eigenvalue weighted by Gasteiger charge is 2.21. The number of benzene rings is 3. The first-order valence-electron chi connectivity index (χ1n) is 12.7. The third-order valence-corrected chi connectivity index (χ3v) is 7.69. The number of amides is 1. The normalized spacial score (nSPS) is 12.1. The fourth-order valence-electron chi connectivity index (χ4n) is 4.14. The molecule has 200 valence electrons. The van der Waals surface area contributed by atoms with Crippen LogP contribution in [0.25, 0.3) is 22.0 Å². The number of hydrogen-bond donors (Lipinski definition) is 3. The van der Waals surface area contributed by atoms with E-state index in [1.165, 1.54) is 0 Å². The molecule has 1 amide bonds. The molecule has 3 N–H and O–H groups in total. The summed E-state index contributed by atoms with van der Waals surface area (Å²) in [5.41, 5.74) is 3.61. The lowest BCUT2D eigenvalue weighted by atomic mass is 9.87. The van der Waals surface area contributed by atoms with Gasteiger partial charge in [0.25, 0.3) is 10.0 Å². The Bertz CT molecular complexity index is 1520. The average Bonchev–Trinajstić information content (AvgIpc) is 3.20. The van der Waals surface area contributed by atoms with Gasteiger partial charge in [-0.15, -0.1) is 0 Å². The molecule has 0 aliphatic rings. The molecule has 0 aliphatic heterocycles. The van der Waals surface area contributed by atoms with Gasteiger partial charge < -0.3 is 15.0 Å². The molecule has 1 heterocycles. The molecule has 0 saturated heterocycles. The standard InChI is InChI=1S/C30H35N3O4S/c1-20(2)17-18-31-29(34)37-28-27(21-9-7-6-8-10-21)25-19-23(13-16-26(25)32-28)33-38(35,36)24-14-11-22(12-15-24)30(3,4)5/h6-16,19-20,32-33H,17-18H2,1-5H3,(H,31,34). The van der Waals surface area contributed by atoms with E-state index in [2.05, 4.69) is 49.6 Å². The van der Waals surface area contributed by atoms with E-state index < -0.39 is 16.1 Å². The van der Waals surface area contributed by atoms with E-state index >= 15 is 0 Å². The number of ether oxygens (including phenoxy) is 1. The van der Waals surface area contributed by atoms with Crippen LogP contribution < -0.4 is 14.8 Å². The van der Waals surface area contributed by atoms with Gasteiger partial charge in [-0.3, -0.25) is 4.72 Å². The number of aromatic amines is 1. The van der Waals surface area contributed by atoms with Crippen LogP contribution in [0.2, 0.25) is 0 Å². The molecule has 38 heavy (non-hydrogen) atoms. The molecule has 1 aromatic heterocycles. The number of aromatic nitrogens is 1. The van der Waals surface area contributed by atoms with Crippen LogP contribution in [-0.2, 0) is 15.4 Å². The summed E-state index contributed by atoms with van der Waals surface area (Å²) in [5.74, 6) is 0.757. The van der Waals surface area contributed by atoms with Crippen LogP contribution in [0.3, 0.4) is 0 Å². The van der Waals surface area contributed by atoms with Crippen LogP contribution in [-0.4, -0.2) is 26.0 Å². The first-order chi connectivity index (χ1) is 17.9. The van der Waals surface area contributed by atoms with Crippen molar-refractivity contribution in [3.63, 3.8) is 0 Å². The van der Waals surface area contributed by atoms with Gasteiger partial charge in [0.15, 0.2) is 0 Å². The van der Waals surface area contributed by atoms with E-state index in [0.29, 0.717) is 35.1 Å². The molecule has 0 spiro atoms. The molecule has 0 unspecified atom stereocenters. The Hall–Kier alpha value is -3.78. The zero-order valence-electron chi connectivity index (χ0n) is 22.5. The molecule has 4 aromatic rings. The van der Waals surface area contributed by atoms with Crippen molar-refractivity contribution in [2.24, 2.45) is 5.92 Å². The second-order valence-corrected chi connectivity index (χ2v) is 12.5. The van der Waals surface area contributed by atoms with Gasteiger partial charge in [0, 0.05) is 23.1 Å². The number of fused-ring (bicyclic) bond motifs is 1. The Balaban J connectivity index is 1.66. The summed E-state index contributed by atoms with van der Waals surface area (Å²) in [7, 11) is -3.81. The van der Waals surface area contributed by atoms with Crippen molar-refractivity contribution in [1.29, 1.82) is 0 Å². The van der Waals surface area contributed by atoms with Gasteiger partial charge in [0.1, 0.15) is 0 Å². The molecule has 3 aromatic carbocycles. The fourth-order valence-corrected chi connectivity index (χ4v) is 5.19. The van der Waals surface area contributed by atoms with E-state index in [1.807, 2.05) is 42.5 Å². The average molecular weight is 534 g/mol. The van der Waals surface area contributed by atoms with E-state index in [0.717, 1.165) is 22.9 Å². The van der Waals surface area contributed by atoms with Crippen molar-refractivity contribution in [2.45, 2.75) is 51.3 Å². The Morgan fingerprint density at radius 1 is 0.974 bits per heavy atom. The maximum atomic E-state index is 13.2. The lowest BCUT2D eigenvalue weighted by Gasteiger charge is -2.19. The summed E-state index contributed by atoms with van der Waals surface area (Å²) in [5, 5.41) is 3.51. The van der Waals surface area contributed by atoms with Crippen LogP contribution in [0.4, 0.5) is 10.5 Å². The summed E-state index contributed by atoms with van der Waals surface area (Å²) in [4.78, 5) is 15.9. The number of carbonyl (C=O) groups excluding carboxylic acids is 1. The fraction of sp³-hybridized carbons (Fsp3) is 0.300. The highest BCUT2D eigenvalue weighted by atomic mass is 32.2. The molecular formula is C30H35N3O4S. The Labute approximate surface area is 224 Å². The van der Waals surface area contributed by atoms with Gasteiger partial charge in [-0.25, -0.2) is 13.2 Å². The summed E-state index contributed by atoms with van der Waals surface area (Å²) in [6, 6.07) is 21.7. The largest absolute Gasteiger partial charge is 0.413 e. The minimum absolute atomic E-state index is 0.0754. The maximum Gasteiger partial charge on any atom is 0.413 e. The number of anilines is 1. The SMILES string of the molecule is CC(C)CCNC(=O)Oc1[nH]c2ccc(NS(=O)(=O)c3ccc(C(C)(C)C)cc3)cc2c1-c1ccccc1. The third kappa shape index (κ3) is 6.37. The van der Waals surface area contributed by atoms with E-state index in [1.54, 1.807) is 30.3 Å². The predicted molar refractivity (Wildman–Crippen MR) is 153 cm³/mol. The second-order valence-electron chi connectivity index (χ2n) is 10.8. The molecular weight excluding hydrogens is 498 g/mol. The topological polar surface area (TPSA) is 100 Å². The van der Waals surface area contributed by atoms with Gasteiger partial charge in [-0.2, -0.15) is 0 Å². The summed E-state index contributed by atoms with van der Waals surface area (Å²) < 4.78 is 34.7. The third-order valence-electron chi connectivity index (χ3n) is 6.30. The number of sulfonamides is 1. The number of rotatable bonds is 8. The van der Waals surface area contributed by atoms with Crippen LogP contribution in [0, 0.1) is 5.92 Å². The second kappa shape index (κ2) is 10.9. The van der Waals surface area contributed by atoms with Crippen LogP contribution in [0.15, 0.2) is 77.7 Å². The molecule has 0 atom stereocenters. The highest BCUT2D eigenvalue weighted by molar-refractivity contribution is 7.92. The zero-order chi connectivity index (χ0) is 27.5. The first kappa shape index (κ1) is 27.3. The lowest BCUT2D eigenvalue weighted by molar-refractivity contribution is 0.198. The molecule has 0 aliphatic carbocycles. The van der Waals surface area contributed by atoms with Crippen molar-refractivity contribution in [3.8, 4) is 17.0 Å². The first-order valence-corrected chi connectivity index (χ1v) is 14.2. The molecule has 0 bridgehead atoms. The van der Waals surface area contributed by atoms with Crippen molar-refractivity contribution in [3.05, 3.63) is 78.4 Å². The summed E-state index contributed by atoms with van der Waals surface area (Å²) >= 11 is 0. The summed E-state index contributed by atoms with van der Waals surface area (Å²) in [6.45, 7) is 10.9. The smallest absolute Gasteiger partial charge is 0.393 e. The Morgan fingerprint density at radius 2 is 1.66 bits per heavy atom. The van der Waals surface area contributed by atoms with Crippen LogP contribution >= 0.6 is 0 Å². The minimum Gasteiger partial charge on any atom is -0.393 e. The molecule has 0 fully saturated rings.